The molecule has 0 saturated carbocycles. The first-order valence-corrected chi connectivity index (χ1v) is 18.9. The van der Waals surface area contributed by atoms with Crippen LogP contribution < -0.4 is 16.4 Å². The maximum absolute atomic E-state index is 12.5. The van der Waals surface area contributed by atoms with Crippen molar-refractivity contribution in [3.63, 3.8) is 0 Å². The highest BCUT2D eigenvalue weighted by molar-refractivity contribution is 5.87. The first-order chi connectivity index (χ1) is 21.7. The first kappa shape index (κ1) is 42.1. The first-order valence-electron chi connectivity index (χ1n) is 18.9. The Labute approximate surface area is 273 Å². The van der Waals surface area contributed by atoms with E-state index >= 15 is 0 Å². The fourth-order valence-electron chi connectivity index (χ4n) is 5.30. The van der Waals surface area contributed by atoms with Gasteiger partial charge < -0.3 is 16.4 Å². The summed E-state index contributed by atoms with van der Waals surface area (Å²) in [7, 11) is 0. The highest BCUT2D eigenvalue weighted by atomic mass is 16.2. The average Bonchev–Trinajstić information content (AvgIpc) is 3.03. The van der Waals surface area contributed by atoms with Gasteiger partial charge in [0.05, 0.1) is 0 Å². The molecule has 2 amide bonds. The zero-order valence-corrected chi connectivity index (χ0v) is 29.2. The van der Waals surface area contributed by atoms with Crippen LogP contribution in [-0.4, -0.2) is 30.9 Å². The largest absolute Gasteiger partial charge is 0.354 e. The number of hydrogen-bond donors (Lipinski definition) is 3. The monoisotopic (exact) mass is 616 g/mol. The molecule has 0 aliphatic carbocycles. The predicted molar refractivity (Wildman–Crippen MR) is 193 cm³/mol. The minimum absolute atomic E-state index is 0.0708. The number of rotatable bonds is 33. The molecule has 0 aromatic heterocycles. The minimum Gasteiger partial charge on any atom is -0.354 e. The quantitative estimate of drug-likeness (QED) is 0.0507. The second-order valence-electron chi connectivity index (χ2n) is 12.6. The molecule has 0 rings (SSSR count). The third-order valence-electron chi connectivity index (χ3n) is 8.23. The Morgan fingerprint density at radius 3 is 1.48 bits per heavy atom. The molecule has 44 heavy (non-hydrogen) atoms. The van der Waals surface area contributed by atoms with E-state index in [2.05, 4.69) is 60.9 Å². The molecule has 0 aromatic rings. The molecular formula is C39H73N3O2. The number of nitrogens with two attached hydrogens (primary N) is 1. The molecule has 0 fully saturated rings. The van der Waals surface area contributed by atoms with E-state index in [0.29, 0.717) is 13.0 Å². The van der Waals surface area contributed by atoms with Crippen LogP contribution in [-0.2, 0) is 9.59 Å². The number of nitrogens with one attached hydrogen (secondary N) is 2. The summed E-state index contributed by atoms with van der Waals surface area (Å²) < 4.78 is 0. The van der Waals surface area contributed by atoms with Crippen molar-refractivity contribution in [3.05, 3.63) is 36.5 Å². The average molecular weight is 616 g/mol. The molecule has 1 atom stereocenters. The van der Waals surface area contributed by atoms with Crippen LogP contribution in [0.15, 0.2) is 36.5 Å². The van der Waals surface area contributed by atoms with Gasteiger partial charge in [0.15, 0.2) is 0 Å². The van der Waals surface area contributed by atoms with Crippen LogP contribution in [0.25, 0.3) is 0 Å². The van der Waals surface area contributed by atoms with E-state index in [9.17, 15) is 9.59 Å². The normalized spacial score (nSPS) is 12.5. The van der Waals surface area contributed by atoms with Gasteiger partial charge in [0, 0.05) is 19.5 Å². The Morgan fingerprint density at radius 1 is 0.545 bits per heavy atom. The van der Waals surface area contributed by atoms with Crippen LogP contribution in [0.2, 0.25) is 0 Å². The molecule has 5 heteroatoms. The zero-order valence-electron chi connectivity index (χ0n) is 29.2. The molecule has 0 aliphatic rings. The summed E-state index contributed by atoms with van der Waals surface area (Å²) >= 11 is 0. The molecule has 0 aliphatic heterocycles. The minimum atomic E-state index is -0.630. The Bertz CT molecular complexity index is 716. The van der Waals surface area contributed by atoms with Gasteiger partial charge in [-0.2, -0.15) is 0 Å². The standard InChI is InChI=1S/C39H73N3O2/c1-3-5-7-9-11-13-15-17-19-21-23-25-27-29-31-33-35-41-39(44)37(36-40)42-38(43)34-32-30-28-26-24-22-20-18-16-14-12-10-8-6-4-2/h12,14,17-20,37H,3-11,13,15-16,21-36,40H2,1-2H3,(H,41,44)(H,42,43)/b14-12-,19-17-,20-18-. The SMILES string of the molecule is CCCCC/C=C\C/C=C\CCCCCCCC(=O)NC(CN)C(=O)NCCCCCCCC/C=C\CCCCCCCC. The summed E-state index contributed by atoms with van der Waals surface area (Å²) in [5, 5.41) is 5.79. The molecule has 0 saturated heterocycles. The van der Waals surface area contributed by atoms with Crippen molar-refractivity contribution >= 4 is 11.8 Å². The van der Waals surface area contributed by atoms with Crippen LogP contribution in [0.5, 0.6) is 0 Å². The summed E-state index contributed by atoms with van der Waals surface area (Å²) in [6, 6.07) is -0.630. The Morgan fingerprint density at radius 2 is 0.955 bits per heavy atom. The maximum atomic E-state index is 12.5. The molecule has 0 radical (unpaired) electrons. The lowest BCUT2D eigenvalue weighted by atomic mass is 10.1. The third-order valence-corrected chi connectivity index (χ3v) is 8.23. The lowest BCUT2D eigenvalue weighted by molar-refractivity contribution is -0.128. The fourth-order valence-corrected chi connectivity index (χ4v) is 5.30. The number of unbranched alkanes of at least 4 members (excludes halogenated alkanes) is 20. The molecule has 0 spiro atoms. The van der Waals surface area contributed by atoms with E-state index < -0.39 is 6.04 Å². The number of amides is 2. The van der Waals surface area contributed by atoms with Gasteiger partial charge in [-0.3, -0.25) is 9.59 Å². The van der Waals surface area contributed by atoms with Crippen LogP contribution >= 0.6 is 0 Å². The molecule has 0 heterocycles. The summed E-state index contributed by atoms with van der Waals surface area (Å²) in [6.07, 6.45) is 44.9. The third kappa shape index (κ3) is 31.5. The lowest BCUT2D eigenvalue weighted by Gasteiger charge is -2.16. The van der Waals surface area contributed by atoms with E-state index in [1.54, 1.807) is 0 Å². The smallest absolute Gasteiger partial charge is 0.243 e. The second kappa shape index (κ2) is 35.6. The predicted octanol–water partition coefficient (Wildman–Crippen LogP) is 10.4. The van der Waals surface area contributed by atoms with Crippen molar-refractivity contribution < 1.29 is 9.59 Å². The van der Waals surface area contributed by atoms with Gasteiger partial charge in [0.25, 0.3) is 0 Å². The van der Waals surface area contributed by atoms with Crippen LogP contribution in [0, 0.1) is 0 Å². The maximum Gasteiger partial charge on any atom is 0.243 e. The molecule has 5 nitrogen and oxygen atoms in total. The van der Waals surface area contributed by atoms with Gasteiger partial charge >= 0.3 is 0 Å². The lowest BCUT2D eigenvalue weighted by Crippen LogP contribution is -2.50. The van der Waals surface area contributed by atoms with Crippen molar-refractivity contribution in [3.8, 4) is 0 Å². The van der Waals surface area contributed by atoms with Gasteiger partial charge in [-0.1, -0.05) is 140 Å². The molecule has 0 bridgehead atoms. The van der Waals surface area contributed by atoms with Crippen molar-refractivity contribution in [2.24, 2.45) is 5.73 Å². The highest BCUT2D eigenvalue weighted by Crippen LogP contribution is 2.11. The number of carbonyl (C=O) groups excluding carboxylic acids is 2. The molecule has 256 valence electrons. The Balaban J connectivity index is 3.61. The van der Waals surface area contributed by atoms with Crippen LogP contribution in [0.3, 0.4) is 0 Å². The summed E-state index contributed by atoms with van der Waals surface area (Å²) in [5.41, 5.74) is 5.78. The number of hydrogen-bond acceptors (Lipinski definition) is 3. The Kier molecular flexibility index (Phi) is 34.1. The van der Waals surface area contributed by atoms with Gasteiger partial charge in [0.2, 0.25) is 11.8 Å². The summed E-state index contributed by atoms with van der Waals surface area (Å²) in [5.74, 6) is -0.229. The molecular weight excluding hydrogens is 542 g/mol. The van der Waals surface area contributed by atoms with Gasteiger partial charge in [0.1, 0.15) is 6.04 Å². The van der Waals surface area contributed by atoms with Crippen molar-refractivity contribution in [2.45, 2.75) is 187 Å². The van der Waals surface area contributed by atoms with Crippen molar-refractivity contribution in [2.75, 3.05) is 13.1 Å². The Hall–Kier alpha value is -1.88. The van der Waals surface area contributed by atoms with Gasteiger partial charge in [-0.05, 0) is 70.6 Å². The van der Waals surface area contributed by atoms with E-state index in [1.807, 2.05) is 0 Å². The van der Waals surface area contributed by atoms with E-state index in [0.717, 1.165) is 44.9 Å². The molecule has 0 aromatic carbocycles. The van der Waals surface area contributed by atoms with E-state index in [-0.39, 0.29) is 18.4 Å². The van der Waals surface area contributed by atoms with Crippen molar-refractivity contribution in [1.29, 1.82) is 0 Å². The van der Waals surface area contributed by atoms with E-state index in [1.165, 1.54) is 116 Å². The highest BCUT2D eigenvalue weighted by Gasteiger charge is 2.18. The number of allylic oxidation sites excluding steroid dienone is 6. The molecule has 4 N–H and O–H groups in total. The fraction of sp³-hybridized carbons (Fsp3) is 0.795. The number of carbonyl (C=O) groups is 2. The van der Waals surface area contributed by atoms with Crippen LogP contribution in [0.4, 0.5) is 0 Å². The topological polar surface area (TPSA) is 84.2 Å². The summed E-state index contributed by atoms with van der Waals surface area (Å²) in [4.78, 5) is 24.8. The van der Waals surface area contributed by atoms with Gasteiger partial charge in [-0.25, -0.2) is 0 Å². The van der Waals surface area contributed by atoms with Crippen molar-refractivity contribution in [1.82, 2.24) is 10.6 Å². The van der Waals surface area contributed by atoms with Gasteiger partial charge in [-0.15, -0.1) is 0 Å². The second-order valence-corrected chi connectivity index (χ2v) is 12.6. The van der Waals surface area contributed by atoms with Crippen LogP contribution in [0.1, 0.15) is 181 Å². The van der Waals surface area contributed by atoms with E-state index in [4.69, 9.17) is 5.73 Å². The summed E-state index contributed by atoms with van der Waals surface area (Å²) in [6.45, 7) is 5.29. The zero-order chi connectivity index (χ0) is 32.2. The molecule has 1 unspecified atom stereocenters.